The van der Waals surface area contributed by atoms with Crippen molar-refractivity contribution in [3.8, 4) is 0 Å². The van der Waals surface area contributed by atoms with Crippen LogP contribution in [0.5, 0.6) is 0 Å². The lowest BCUT2D eigenvalue weighted by molar-refractivity contribution is 0.102. The lowest BCUT2D eigenvalue weighted by atomic mass is 10.2. The Morgan fingerprint density at radius 1 is 1.17 bits per heavy atom. The van der Waals surface area contributed by atoms with Crippen LogP contribution in [0.25, 0.3) is 0 Å². The van der Waals surface area contributed by atoms with Crippen molar-refractivity contribution in [2.75, 3.05) is 36.5 Å². The normalized spacial score (nSPS) is 14.6. The standard InChI is InChI=1S/C16H15Cl2N3O2/c17-12-2-3-14(13(18)9-12)20-16(22)11-1-4-15(19-10-11)21-5-7-23-8-6-21/h1-4,9-10H,5-8H2,(H,20,22). The molecule has 3 rings (SSSR count). The molecule has 5 nitrogen and oxygen atoms in total. The van der Waals surface area contributed by atoms with E-state index in [2.05, 4.69) is 15.2 Å². The van der Waals surface area contributed by atoms with Crippen molar-refractivity contribution in [1.82, 2.24) is 4.98 Å². The fourth-order valence-electron chi connectivity index (χ4n) is 2.29. The third-order valence-electron chi connectivity index (χ3n) is 3.52. The number of carbonyl (C=O) groups excluding carboxylic acids is 1. The van der Waals surface area contributed by atoms with E-state index in [0.717, 1.165) is 18.9 Å². The molecular weight excluding hydrogens is 337 g/mol. The number of hydrogen-bond acceptors (Lipinski definition) is 4. The molecule has 2 heterocycles. The van der Waals surface area contributed by atoms with Gasteiger partial charge in [-0.2, -0.15) is 0 Å². The van der Waals surface area contributed by atoms with Crippen molar-refractivity contribution in [1.29, 1.82) is 0 Å². The molecule has 0 bridgehead atoms. The minimum Gasteiger partial charge on any atom is -0.378 e. The Hall–Kier alpha value is -1.82. The first-order valence-corrected chi connectivity index (χ1v) is 7.94. The highest BCUT2D eigenvalue weighted by atomic mass is 35.5. The molecule has 0 atom stereocenters. The number of ether oxygens (including phenoxy) is 1. The van der Waals surface area contributed by atoms with Crippen LogP contribution in [0.15, 0.2) is 36.5 Å². The maximum absolute atomic E-state index is 12.3. The summed E-state index contributed by atoms with van der Waals surface area (Å²) in [6.07, 6.45) is 1.56. The van der Waals surface area contributed by atoms with Gasteiger partial charge in [-0.25, -0.2) is 4.98 Å². The minimum absolute atomic E-state index is 0.268. The highest BCUT2D eigenvalue weighted by Crippen LogP contribution is 2.25. The van der Waals surface area contributed by atoms with E-state index in [-0.39, 0.29) is 5.91 Å². The number of morpholine rings is 1. The number of nitrogens with zero attached hydrogens (tertiary/aromatic N) is 2. The predicted molar refractivity (Wildman–Crippen MR) is 91.7 cm³/mol. The van der Waals surface area contributed by atoms with Crippen LogP contribution < -0.4 is 10.2 Å². The quantitative estimate of drug-likeness (QED) is 0.919. The van der Waals surface area contributed by atoms with E-state index in [4.69, 9.17) is 27.9 Å². The molecular formula is C16H15Cl2N3O2. The number of hydrogen-bond donors (Lipinski definition) is 1. The van der Waals surface area contributed by atoms with E-state index in [1.807, 2.05) is 6.07 Å². The van der Waals surface area contributed by atoms with Gasteiger partial charge in [0, 0.05) is 24.3 Å². The fraction of sp³-hybridized carbons (Fsp3) is 0.250. The lowest BCUT2D eigenvalue weighted by Crippen LogP contribution is -2.36. The summed E-state index contributed by atoms with van der Waals surface area (Å²) >= 11 is 11.9. The number of benzene rings is 1. The summed E-state index contributed by atoms with van der Waals surface area (Å²) in [5.41, 5.74) is 0.978. The first-order chi connectivity index (χ1) is 11.1. The third kappa shape index (κ3) is 3.93. The SMILES string of the molecule is O=C(Nc1ccc(Cl)cc1Cl)c1ccc(N2CCOCC2)nc1. The number of amides is 1. The average molecular weight is 352 g/mol. The molecule has 1 fully saturated rings. The molecule has 1 N–H and O–H groups in total. The summed E-state index contributed by atoms with van der Waals surface area (Å²) in [6, 6.07) is 8.50. The summed E-state index contributed by atoms with van der Waals surface area (Å²) in [5, 5.41) is 3.66. The molecule has 1 aromatic heterocycles. The van der Waals surface area contributed by atoms with Crippen LogP contribution in [0.4, 0.5) is 11.5 Å². The maximum atomic E-state index is 12.3. The smallest absolute Gasteiger partial charge is 0.257 e. The molecule has 23 heavy (non-hydrogen) atoms. The van der Waals surface area contributed by atoms with Crippen molar-refractivity contribution < 1.29 is 9.53 Å². The van der Waals surface area contributed by atoms with Gasteiger partial charge in [0.25, 0.3) is 5.91 Å². The van der Waals surface area contributed by atoms with Gasteiger partial charge in [0.15, 0.2) is 0 Å². The van der Waals surface area contributed by atoms with E-state index in [1.165, 1.54) is 0 Å². The summed E-state index contributed by atoms with van der Waals surface area (Å²) < 4.78 is 5.31. The van der Waals surface area contributed by atoms with E-state index in [1.54, 1.807) is 30.5 Å². The van der Waals surface area contributed by atoms with Gasteiger partial charge < -0.3 is 15.0 Å². The zero-order valence-electron chi connectivity index (χ0n) is 12.3. The molecule has 1 aliphatic heterocycles. The first-order valence-electron chi connectivity index (χ1n) is 7.18. The number of carbonyl (C=O) groups is 1. The average Bonchev–Trinajstić information content (AvgIpc) is 2.58. The second-order valence-corrected chi connectivity index (χ2v) is 5.93. The molecule has 0 radical (unpaired) electrons. The summed E-state index contributed by atoms with van der Waals surface area (Å²) in [6.45, 7) is 3.00. The molecule has 1 amide bonds. The van der Waals surface area contributed by atoms with Crippen LogP contribution in [0.3, 0.4) is 0 Å². The number of halogens is 2. The molecule has 0 spiro atoms. The molecule has 0 saturated carbocycles. The van der Waals surface area contributed by atoms with Gasteiger partial charge in [-0.3, -0.25) is 4.79 Å². The number of pyridine rings is 1. The Bertz CT molecular complexity index is 701. The Morgan fingerprint density at radius 2 is 1.96 bits per heavy atom. The topological polar surface area (TPSA) is 54.5 Å². The Labute approximate surface area is 144 Å². The van der Waals surface area contributed by atoms with Crippen LogP contribution in [0.2, 0.25) is 10.0 Å². The number of nitrogens with one attached hydrogen (secondary N) is 1. The fourth-order valence-corrected chi connectivity index (χ4v) is 2.74. The van der Waals surface area contributed by atoms with Gasteiger partial charge in [-0.05, 0) is 30.3 Å². The summed E-state index contributed by atoms with van der Waals surface area (Å²) in [4.78, 5) is 18.7. The summed E-state index contributed by atoms with van der Waals surface area (Å²) in [7, 11) is 0. The zero-order chi connectivity index (χ0) is 16.2. The number of aromatic nitrogens is 1. The van der Waals surface area contributed by atoms with Gasteiger partial charge in [0.1, 0.15) is 5.82 Å². The second-order valence-electron chi connectivity index (χ2n) is 5.08. The van der Waals surface area contributed by atoms with Gasteiger partial charge in [-0.15, -0.1) is 0 Å². The van der Waals surface area contributed by atoms with E-state index >= 15 is 0 Å². The number of anilines is 2. The maximum Gasteiger partial charge on any atom is 0.257 e. The Balaban J connectivity index is 1.69. The van der Waals surface area contributed by atoms with Gasteiger partial charge in [0.05, 0.1) is 29.5 Å². The Kier molecular flexibility index (Phi) is 5.00. The van der Waals surface area contributed by atoms with Crippen molar-refractivity contribution in [2.24, 2.45) is 0 Å². The Morgan fingerprint density at radius 3 is 2.61 bits per heavy atom. The molecule has 7 heteroatoms. The highest BCUT2D eigenvalue weighted by molar-refractivity contribution is 6.36. The van der Waals surface area contributed by atoms with Crippen LogP contribution in [-0.2, 0) is 4.74 Å². The molecule has 2 aromatic rings. The summed E-state index contributed by atoms with van der Waals surface area (Å²) in [5.74, 6) is 0.574. The minimum atomic E-state index is -0.268. The van der Waals surface area contributed by atoms with Gasteiger partial charge >= 0.3 is 0 Å². The second kappa shape index (κ2) is 7.17. The van der Waals surface area contributed by atoms with Crippen LogP contribution in [0.1, 0.15) is 10.4 Å². The van der Waals surface area contributed by atoms with Crippen molar-refractivity contribution in [3.05, 3.63) is 52.1 Å². The molecule has 1 saturated heterocycles. The molecule has 1 aliphatic rings. The van der Waals surface area contributed by atoms with Crippen molar-refractivity contribution in [3.63, 3.8) is 0 Å². The molecule has 120 valence electrons. The van der Waals surface area contributed by atoms with Crippen molar-refractivity contribution in [2.45, 2.75) is 0 Å². The van der Waals surface area contributed by atoms with Gasteiger partial charge in [-0.1, -0.05) is 23.2 Å². The van der Waals surface area contributed by atoms with Crippen LogP contribution in [-0.4, -0.2) is 37.2 Å². The van der Waals surface area contributed by atoms with E-state index in [0.29, 0.717) is 34.5 Å². The lowest BCUT2D eigenvalue weighted by Gasteiger charge is -2.27. The van der Waals surface area contributed by atoms with Gasteiger partial charge in [0.2, 0.25) is 0 Å². The van der Waals surface area contributed by atoms with Crippen LogP contribution >= 0.6 is 23.2 Å². The van der Waals surface area contributed by atoms with E-state index < -0.39 is 0 Å². The highest BCUT2D eigenvalue weighted by Gasteiger charge is 2.14. The predicted octanol–water partition coefficient (Wildman–Crippen LogP) is 3.48. The first kappa shape index (κ1) is 16.1. The largest absolute Gasteiger partial charge is 0.378 e. The van der Waals surface area contributed by atoms with Crippen LogP contribution in [0, 0.1) is 0 Å². The number of rotatable bonds is 3. The molecule has 0 aliphatic carbocycles. The molecule has 0 unspecified atom stereocenters. The third-order valence-corrected chi connectivity index (χ3v) is 4.07. The van der Waals surface area contributed by atoms with Crippen molar-refractivity contribution >= 4 is 40.6 Å². The van der Waals surface area contributed by atoms with E-state index in [9.17, 15) is 4.79 Å². The molecule has 1 aromatic carbocycles. The monoisotopic (exact) mass is 351 g/mol. The zero-order valence-corrected chi connectivity index (χ0v) is 13.8.